The zero-order valence-corrected chi connectivity index (χ0v) is 37.1. The number of hydrogen-bond donors (Lipinski definition) is 2. The van der Waals surface area contributed by atoms with Gasteiger partial charge in [0.15, 0.2) is 6.26 Å². The quantitative estimate of drug-likeness (QED) is 0.00795. The molecule has 18 heteroatoms. The number of carbonyl (C=O) groups excluding carboxylic acids is 3. The Balaban J connectivity index is 0. The van der Waals surface area contributed by atoms with Gasteiger partial charge in [-0.3, -0.25) is 0 Å². The minimum absolute atomic E-state index is 0. The van der Waals surface area contributed by atoms with Gasteiger partial charge in [0, 0.05) is 25.1 Å². The van der Waals surface area contributed by atoms with Gasteiger partial charge in [0.2, 0.25) is 0 Å². The maximum atomic E-state index is 13.8. The van der Waals surface area contributed by atoms with Gasteiger partial charge in [-0.05, 0) is 50.0 Å². The van der Waals surface area contributed by atoms with Crippen LogP contribution in [-0.4, -0.2) is 112 Å². The highest BCUT2D eigenvalue weighted by Gasteiger charge is 2.59. The van der Waals surface area contributed by atoms with Crippen molar-refractivity contribution in [1.29, 1.82) is 0 Å². The summed E-state index contributed by atoms with van der Waals surface area (Å²) in [6.07, 6.45) is -2.35. The first-order chi connectivity index (χ1) is 25.9. The number of hydrogen-bond acceptors (Lipinski definition) is 11. The van der Waals surface area contributed by atoms with E-state index in [1.165, 1.54) is 6.92 Å². The van der Waals surface area contributed by atoms with Crippen molar-refractivity contribution >= 4 is 35.0 Å². The van der Waals surface area contributed by atoms with E-state index in [1.54, 1.807) is 0 Å². The molecule has 2 atom stereocenters. The van der Waals surface area contributed by atoms with E-state index in [4.69, 9.17) is 33.3 Å². The third-order valence-electron chi connectivity index (χ3n) is 10.2. The third kappa shape index (κ3) is 21.8. The van der Waals surface area contributed by atoms with Crippen molar-refractivity contribution in [3.63, 3.8) is 0 Å². The fourth-order valence-corrected chi connectivity index (χ4v) is 10.3. The Labute approximate surface area is 341 Å². The van der Waals surface area contributed by atoms with Crippen LogP contribution >= 0.6 is 0 Å². The van der Waals surface area contributed by atoms with Crippen molar-refractivity contribution in [3.8, 4) is 12.0 Å². The standard InChI is InChI=1S/C38H65F3N2O11Si2.CH4/c1-13-20-52-53-24-19-43-34(46)51-28-26-48-22-15-31(55(9)10)54-35(4,5)37(8,16-17-38(39,40)41)36(6,7)56(11,12)29-14-21-47-25-27-50-33(45)42-18-23-49-32(44)30(2)3;/h20,31,55H,1-2,14,16-19,21,23-29H2,3-12H3,(H,42,45)(H,43,46);1H4. The van der Waals surface area contributed by atoms with Crippen molar-refractivity contribution in [2.75, 3.05) is 59.3 Å². The molecule has 0 spiro atoms. The normalized spacial score (nSPS) is 13.3. The van der Waals surface area contributed by atoms with Crippen LogP contribution in [0.5, 0.6) is 0 Å². The van der Waals surface area contributed by atoms with E-state index in [0.29, 0.717) is 13.0 Å². The molecule has 0 rings (SSSR count). The maximum absolute atomic E-state index is 13.8. The van der Waals surface area contributed by atoms with Crippen LogP contribution in [0, 0.1) is 17.4 Å². The van der Waals surface area contributed by atoms with E-state index < -0.39 is 69.4 Å². The number of esters is 1. The summed E-state index contributed by atoms with van der Waals surface area (Å²) in [6, 6.07) is 0.771. The molecule has 0 aliphatic rings. The zero-order chi connectivity index (χ0) is 43.1. The summed E-state index contributed by atoms with van der Waals surface area (Å²) in [5.41, 5.74) is 0.134. The van der Waals surface area contributed by atoms with Gasteiger partial charge in [-0.25, -0.2) is 14.4 Å². The van der Waals surface area contributed by atoms with Crippen LogP contribution in [-0.2, 0) is 43.0 Å². The van der Waals surface area contributed by atoms with Crippen molar-refractivity contribution in [1.82, 2.24) is 10.6 Å². The molecule has 330 valence electrons. The molecule has 0 aromatic carbocycles. The molecule has 0 saturated heterocycles. The van der Waals surface area contributed by atoms with Gasteiger partial charge in [0.25, 0.3) is 0 Å². The molecule has 0 aliphatic carbocycles. The summed E-state index contributed by atoms with van der Waals surface area (Å²) in [5.74, 6) is 2.48. The fourth-order valence-electron chi connectivity index (χ4n) is 5.67. The largest absolute Gasteiger partial charge is 0.460 e. The molecule has 0 aromatic rings. The average Bonchev–Trinajstić information content (AvgIpc) is 3.10. The smallest absolute Gasteiger partial charge is 0.407 e. The molecule has 0 aromatic heterocycles. The number of halogens is 3. The van der Waals surface area contributed by atoms with E-state index in [2.05, 4.69) is 73.4 Å². The zero-order valence-electron chi connectivity index (χ0n) is 35.0. The van der Waals surface area contributed by atoms with Gasteiger partial charge in [0.05, 0.1) is 35.6 Å². The molecular weight excluding hydrogens is 786 g/mol. The Hall–Kier alpha value is -3.47. The minimum atomic E-state index is -4.35. The predicted octanol–water partition coefficient (Wildman–Crippen LogP) is 7.85. The SMILES string of the molecule is C.C=C=COOCCNC(=O)OCCOC#CC(OC(C)(C)C(C)(CCC(F)(F)F)C(C)(C)[Si](C)(C)CCCOCCOC(=O)NCCOC(=O)C(=C)C)[SiH](C)C. The summed E-state index contributed by atoms with van der Waals surface area (Å²) in [7, 11) is -3.96. The molecule has 0 fully saturated rings. The highest BCUT2D eigenvalue weighted by atomic mass is 28.3. The molecular formula is C39H69F3N2O11Si2. The van der Waals surface area contributed by atoms with Gasteiger partial charge < -0.3 is 43.9 Å². The van der Waals surface area contributed by atoms with Crippen LogP contribution in [0.25, 0.3) is 0 Å². The molecule has 13 nitrogen and oxygen atoms in total. The molecule has 0 aliphatic heterocycles. The Morgan fingerprint density at radius 1 is 0.860 bits per heavy atom. The molecule has 0 saturated carbocycles. The number of ether oxygens (including phenoxy) is 6. The van der Waals surface area contributed by atoms with E-state index >= 15 is 0 Å². The summed E-state index contributed by atoms with van der Waals surface area (Å²) in [6.45, 7) is 27.3. The molecule has 2 N–H and O–H groups in total. The highest BCUT2D eigenvalue weighted by molar-refractivity contribution is 6.80. The van der Waals surface area contributed by atoms with Crippen molar-refractivity contribution in [2.24, 2.45) is 5.41 Å². The Morgan fingerprint density at radius 2 is 1.44 bits per heavy atom. The van der Waals surface area contributed by atoms with Gasteiger partial charge in [-0.2, -0.15) is 18.1 Å². The lowest BCUT2D eigenvalue weighted by Crippen LogP contribution is -2.59. The van der Waals surface area contributed by atoms with Crippen molar-refractivity contribution in [2.45, 2.75) is 123 Å². The van der Waals surface area contributed by atoms with Crippen LogP contribution in [0.3, 0.4) is 0 Å². The van der Waals surface area contributed by atoms with Gasteiger partial charge >= 0.3 is 24.3 Å². The van der Waals surface area contributed by atoms with Gasteiger partial charge in [0.1, 0.15) is 44.9 Å². The topological polar surface area (TPSA) is 149 Å². The van der Waals surface area contributed by atoms with Crippen LogP contribution in [0.15, 0.2) is 30.7 Å². The van der Waals surface area contributed by atoms with Gasteiger partial charge in [-0.15, -0.1) is 0 Å². The Kier molecular flexibility index (Phi) is 26.6. The molecule has 2 amide bonds. The van der Waals surface area contributed by atoms with Crippen LogP contribution in [0.4, 0.5) is 22.8 Å². The number of alkyl carbamates (subject to hydrolysis) is 2. The number of nitrogens with one attached hydrogen (secondary N) is 2. The van der Waals surface area contributed by atoms with E-state index in [0.717, 1.165) is 12.3 Å². The van der Waals surface area contributed by atoms with Crippen LogP contribution < -0.4 is 10.6 Å². The Bertz CT molecular complexity index is 1340. The summed E-state index contributed by atoms with van der Waals surface area (Å²) < 4.78 is 74.3. The minimum Gasteiger partial charge on any atom is -0.460 e. The lowest BCUT2D eigenvalue weighted by molar-refractivity contribution is -0.246. The molecule has 2 unspecified atom stereocenters. The Morgan fingerprint density at radius 3 is 1.98 bits per heavy atom. The van der Waals surface area contributed by atoms with Crippen molar-refractivity contribution < 1.29 is 65.8 Å². The van der Waals surface area contributed by atoms with Crippen LogP contribution in [0.2, 0.25) is 37.3 Å². The summed E-state index contributed by atoms with van der Waals surface area (Å²) >= 11 is 0. The second kappa shape index (κ2) is 27.3. The molecule has 57 heavy (non-hydrogen) atoms. The number of amides is 2. The van der Waals surface area contributed by atoms with Crippen LogP contribution in [0.1, 0.15) is 68.2 Å². The lowest BCUT2D eigenvalue weighted by Gasteiger charge is -2.60. The molecule has 0 radical (unpaired) electrons. The average molecular weight is 855 g/mol. The fraction of sp³-hybridized carbons (Fsp3) is 0.744. The molecule has 0 heterocycles. The van der Waals surface area contributed by atoms with Gasteiger partial charge in [-0.1, -0.05) is 79.3 Å². The molecule has 0 bridgehead atoms. The van der Waals surface area contributed by atoms with Crippen molar-refractivity contribution in [3.05, 3.63) is 30.7 Å². The first-order valence-corrected chi connectivity index (χ1v) is 24.8. The second-order valence-corrected chi connectivity index (χ2v) is 24.0. The monoisotopic (exact) mass is 854 g/mol. The first kappa shape index (κ1) is 55.6. The van der Waals surface area contributed by atoms with E-state index in [9.17, 15) is 27.6 Å². The lowest BCUT2D eigenvalue weighted by atomic mass is 9.64. The maximum Gasteiger partial charge on any atom is 0.407 e. The number of alkyl halides is 3. The summed E-state index contributed by atoms with van der Waals surface area (Å²) in [4.78, 5) is 44.4. The van der Waals surface area contributed by atoms with E-state index in [-0.39, 0.29) is 72.2 Å². The number of rotatable bonds is 27. The van der Waals surface area contributed by atoms with E-state index in [1.807, 2.05) is 33.9 Å². The number of carbonyl (C=O) groups is 3. The summed E-state index contributed by atoms with van der Waals surface area (Å²) in [5, 5.41) is 4.40. The second-order valence-electron chi connectivity index (χ2n) is 15.3. The third-order valence-corrected chi connectivity index (χ3v) is 17.2. The predicted molar refractivity (Wildman–Crippen MR) is 219 cm³/mol. The first-order valence-electron chi connectivity index (χ1n) is 18.6. The highest BCUT2D eigenvalue weighted by Crippen LogP contribution is 2.62.